The molecule has 182 valence electrons. The van der Waals surface area contributed by atoms with Gasteiger partial charge in [-0.05, 0) is 35.4 Å². The zero-order valence-corrected chi connectivity index (χ0v) is 20.6. The van der Waals surface area contributed by atoms with Gasteiger partial charge in [0.2, 0.25) is 0 Å². The molecular weight excluding hydrogens is 443 g/mol. The molecule has 1 aliphatic rings. The number of halogens is 2. The lowest BCUT2D eigenvalue weighted by Gasteiger charge is -2.29. The minimum Gasteiger partial charge on any atom is -0.491 e. The van der Waals surface area contributed by atoms with Crippen molar-refractivity contribution >= 4 is 11.6 Å². The number of nitrogens with zero attached hydrogens (tertiary/aromatic N) is 1. The van der Waals surface area contributed by atoms with Gasteiger partial charge in [0.25, 0.3) is 0 Å². The summed E-state index contributed by atoms with van der Waals surface area (Å²) in [5.74, 6) is 1.21. The molecule has 1 heterocycles. The van der Waals surface area contributed by atoms with Crippen LogP contribution in [-0.2, 0) is 5.41 Å². The quantitative estimate of drug-likeness (QED) is 0.477. The van der Waals surface area contributed by atoms with E-state index in [4.69, 9.17) is 21.1 Å². The highest BCUT2D eigenvalue weighted by Crippen LogP contribution is 2.34. The number of aliphatic hydroxyl groups excluding tert-OH is 1. The fourth-order valence-corrected chi connectivity index (χ4v) is 3.94. The zero-order valence-electron chi connectivity index (χ0n) is 19.8. The molecule has 1 fully saturated rings. The first kappa shape index (κ1) is 25.8. The van der Waals surface area contributed by atoms with Crippen molar-refractivity contribution in [1.29, 1.82) is 0 Å². The van der Waals surface area contributed by atoms with Gasteiger partial charge in [0, 0.05) is 49.9 Å². The molecule has 7 heteroatoms. The largest absolute Gasteiger partial charge is 0.491 e. The van der Waals surface area contributed by atoms with Gasteiger partial charge >= 0.3 is 0 Å². The Morgan fingerprint density at radius 2 is 1.73 bits per heavy atom. The minimum atomic E-state index is -0.532. The van der Waals surface area contributed by atoms with E-state index in [9.17, 15) is 9.50 Å². The first-order chi connectivity index (χ1) is 15.8. The molecule has 0 aliphatic carbocycles. The number of piperazine rings is 1. The molecule has 0 radical (unpaired) electrons. The summed E-state index contributed by atoms with van der Waals surface area (Å²) in [4.78, 5) is 2.24. The van der Waals surface area contributed by atoms with E-state index >= 15 is 0 Å². The summed E-state index contributed by atoms with van der Waals surface area (Å²) in [7, 11) is 0. The minimum absolute atomic E-state index is 0.158. The summed E-state index contributed by atoms with van der Waals surface area (Å²) in [5.41, 5.74) is 1.50. The monoisotopic (exact) mass is 478 g/mol. The molecule has 1 saturated heterocycles. The van der Waals surface area contributed by atoms with E-state index in [0.29, 0.717) is 24.8 Å². The van der Waals surface area contributed by atoms with Gasteiger partial charge in [0.15, 0.2) is 11.6 Å². The summed E-state index contributed by atoms with van der Waals surface area (Å²) >= 11 is 5.80. The lowest BCUT2D eigenvalue weighted by molar-refractivity contribution is 0.0641. The van der Waals surface area contributed by atoms with Crippen LogP contribution in [0, 0.1) is 11.7 Å². The topological polar surface area (TPSA) is 54.0 Å². The van der Waals surface area contributed by atoms with E-state index in [2.05, 4.69) is 24.1 Å². The first-order valence-electron chi connectivity index (χ1n) is 11.6. The fraction of sp³-hybridized carbons (Fsp3) is 0.538. The van der Waals surface area contributed by atoms with E-state index in [1.165, 1.54) is 6.07 Å². The Morgan fingerprint density at radius 1 is 1.06 bits per heavy atom. The van der Waals surface area contributed by atoms with Crippen LogP contribution in [0.1, 0.15) is 31.9 Å². The van der Waals surface area contributed by atoms with Crippen molar-refractivity contribution in [2.75, 3.05) is 51.8 Å². The molecule has 33 heavy (non-hydrogen) atoms. The summed E-state index contributed by atoms with van der Waals surface area (Å²) < 4.78 is 26.0. The van der Waals surface area contributed by atoms with Gasteiger partial charge in [-0.2, -0.15) is 0 Å². The van der Waals surface area contributed by atoms with E-state index in [1.807, 2.05) is 37.3 Å². The average molecular weight is 479 g/mol. The third-order valence-corrected chi connectivity index (χ3v) is 6.66. The number of ether oxygens (including phenoxy) is 2. The number of aliphatic hydroxyl groups is 1. The highest BCUT2D eigenvalue weighted by molar-refractivity contribution is 6.18. The van der Waals surface area contributed by atoms with Crippen LogP contribution < -0.4 is 14.8 Å². The van der Waals surface area contributed by atoms with Crippen molar-refractivity contribution in [1.82, 2.24) is 10.2 Å². The van der Waals surface area contributed by atoms with E-state index < -0.39 is 11.5 Å². The standard InChI is InChI=1S/C26H36ClFN2O3/c1-19(15-27)17-33-25-9-6-21(14-24(25)28)26(2,3)20-4-7-23(8-5-20)32-18-22(31)16-30-12-10-29-11-13-30/h4-9,14,19,22,29,31H,10-13,15-18H2,1-3H3. The summed E-state index contributed by atoms with van der Waals surface area (Å²) in [6.45, 7) is 11.1. The van der Waals surface area contributed by atoms with Crippen LogP contribution in [0.25, 0.3) is 0 Å². The Labute approximate surface area is 201 Å². The molecule has 2 atom stereocenters. The smallest absolute Gasteiger partial charge is 0.165 e. The Bertz CT molecular complexity index is 872. The van der Waals surface area contributed by atoms with Gasteiger partial charge < -0.3 is 19.9 Å². The summed E-state index contributed by atoms with van der Waals surface area (Å²) in [6, 6.07) is 12.9. The van der Waals surface area contributed by atoms with Crippen molar-refractivity contribution in [3.8, 4) is 11.5 Å². The van der Waals surface area contributed by atoms with Crippen molar-refractivity contribution in [2.24, 2.45) is 5.92 Å². The van der Waals surface area contributed by atoms with Crippen LogP contribution in [0.2, 0.25) is 0 Å². The lowest BCUT2D eigenvalue weighted by Crippen LogP contribution is -2.47. The van der Waals surface area contributed by atoms with E-state index in [-0.39, 0.29) is 24.1 Å². The van der Waals surface area contributed by atoms with Gasteiger partial charge in [0.05, 0.1) is 6.61 Å². The van der Waals surface area contributed by atoms with Crippen LogP contribution in [0.3, 0.4) is 0 Å². The second-order valence-corrected chi connectivity index (χ2v) is 9.69. The van der Waals surface area contributed by atoms with E-state index in [0.717, 1.165) is 37.3 Å². The van der Waals surface area contributed by atoms with Crippen molar-refractivity contribution in [3.05, 3.63) is 59.4 Å². The molecule has 1 aliphatic heterocycles. The Balaban J connectivity index is 1.57. The molecule has 0 aromatic heterocycles. The van der Waals surface area contributed by atoms with Crippen LogP contribution in [0.15, 0.2) is 42.5 Å². The number of hydrogen-bond donors (Lipinski definition) is 2. The van der Waals surface area contributed by atoms with Gasteiger partial charge in [0.1, 0.15) is 18.5 Å². The fourth-order valence-electron chi connectivity index (χ4n) is 3.85. The lowest BCUT2D eigenvalue weighted by atomic mass is 9.78. The second-order valence-electron chi connectivity index (χ2n) is 9.38. The zero-order chi connectivity index (χ0) is 23.8. The normalized spacial score (nSPS) is 16.9. The molecule has 2 unspecified atom stereocenters. The van der Waals surface area contributed by atoms with Crippen molar-refractivity contribution in [2.45, 2.75) is 32.3 Å². The number of benzene rings is 2. The predicted molar refractivity (Wildman–Crippen MR) is 131 cm³/mol. The molecule has 5 nitrogen and oxygen atoms in total. The first-order valence-corrected chi connectivity index (χ1v) is 12.2. The predicted octanol–water partition coefficient (Wildman–Crippen LogP) is 4.05. The molecule has 0 saturated carbocycles. The van der Waals surface area contributed by atoms with Gasteiger partial charge in [-0.1, -0.05) is 39.0 Å². The number of nitrogens with one attached hydrogen (secondary N) is 1. The molecule has 0 amide bonds. The van der Waals surface area contributed by atoms with Gasteiger partial charge in [-0.25, -0.2) is 4.39 Å². The van der Waals surface area contributed by atoms with Crippen molar-refractivity contribution < 1.29 is 19.0 Å². The van der Waals surface area contributed by atoms with Gasteiger partial charge in [-0.15, -0.1) is 11.6 Å². The molecule has 3 rings (SSSR count). The highest BCUT2D eigenvalue weighted by Gasteiger charge is 2.25. The van der Waals surface area contributed by atoms with E-state index in [1.54, 1.807) is 6.07 Å². The number of alkyl halides is 1. The third kappa shape index (κ3) is 7.31. The third-order valence-electron chi connectivity index (χ3n) is 6.14. The van der Waals surface area contributed by atoms with Crippen LogP contribution in [-0.4, -0.2) is 67.9 Å². The molecule has 0 spiro atoms. The summed E-state index contributed by atoms with van der Waals surface area (Å²) in [6.07, 6.45) is -0.532. The molecule has 2 aromatic rings. The molecule has 2 aromatic carbocycles. The van der Waals surface area contributed by atoms with Crippen LogP contribution in [0.4, 0.5) is 4.39 Å². The maximum absolute atomic E-state index is 14.7. The van der Waals surface area contributed by atoms with Crippen LogP contribution >= 0.6 is 11.6 Å². The maximum atomic E-state index is 14.7. The average Bonchev–Trinajstić information content (AvgIpc) is 2.82. The molecular formula is C26H36ClFN2O3. The second kappa shape index (κ2) is 12.0. The summed E-state index contributed by atoms with van der Waals surface area (Å²) in [5, 5.41) is 13.6. The van der Waals surface area contributed by atoms with Gasteiger partial charge in [-0.3, -0.25) is 4.90 Å². The Kier molecular flexibility index (Phi) is 9.38. The highest BCUT2D eigenvalue weighted by atomic mass is 35.5. The Morgan fingerprint density at radius 3 is 2.36 bits per heavy atom. The maximum Gasteiger partial charge on any atom is 0.165 e. The SMILES string of the molecule is CC(CCl)COc1ccc(C(C)(C)c2ccc(OCC(O)CN3CCNCC3)cc2)cc1F. The molecule has 2 N–H and O–H groups in total. The Hall–Kier alpha value is -1.86. The van der Waals surface area contributed by atoms with Crippen molar-refractivity contribution in [3.63, 3.8) is 0 Å². The van der Waals surface area contributed by atoms with Crippen LogP contribution in [0.5, 0.6) is 11.5 Å². The number of β-amino-alcohol motifs (C(OH)–C–C–N with tert-alkyl or cyclic N) is 1. The number of rotatable bonds is 11. The molecule has 0 bridgehead atoms. The number of hydrogen-bond acceptors (Lipinski definition) is 5.